The minimum absolute atomic E-state index is 0.0902. The molecule has 2 unspecified atom stereocenters. The molecule has 2 aliphatic rings. The molecule has 2 atom stereocenters. The highest BCUT2D eigenvalue weighted by atomic mass is 16.5. The topological polar surface area (TPSA) is 52.6 Å². The zero-order valence-corrected chi connectivity index (χ0v) is 15.5. The molecule has 2 aromatic carbocycles. The van der Waals surface area contributed by atoms with Gasteiger partial charge in [-0.05, 0) is 80.3 Å². The average Bonchev–Trinajstić information content (AvgIpc) is 3.23. The quantitative estimate of drug-likeness (QED) is 0.592. The second kappa shape index (κ2) is 7.03. The molecule has 27 heavy (non-hydrogen) atoms. The molecule has 1 saturated carbocycles. The summed E-state index contributed by atoms with van der Waals surface area (Å²) < 4.78 is 11.2. The Morgan fingerprint density at radius 3 is 1.63 bits per heavy atom. The minimum Gasteiger partial charge on any atom is -0.423 e. The van der Waals surface area contributed by atoms with Crippen LogP contribution in [0.2, 0.25) is 0 Å². The van der Waals surface area contributed by atoms with E-state index in [2.05, 4.69) is 0 Å². The van der Waals surface area contributed by atoms with Crippen LogP contribution < -0.4 is 9.47 Å². The van der Waals surface area contributed by atoms with E-state index in [0.717, 1.165) is 30.4 Å². The summed E-state index contributed by atoms with van der Waals surface area (Å²) in [7, 11) is 0. The van der Waals surface area contributed by atoms with Gasteiger partial charge in [-0.3, -0.25) is 0 Å². The van der Waals surface area contributed by atoms with Crippen LogP contribution in [0.3, 0.4) is 0 Å². The van der Waals surface area contributed by atoms with Crippen molar-refractivity contribution in [3.63, 3.8) is 0 Å². The molecule has 4 rings (SSSR count). The Hall–Kier alpha value is -2.88. The van der Waals surface area contributed by atoms with E-state index in [-0.39, 0.29) is 11.8 Å². The average molecular weight is 362 g/mol. The Kier molecular flexibility index (Phi) is 4.56. The Morgan fingerprint density at radius 1 is 0.778 bits per heavy atom. The number of esters is 2. The van der Waals surface area contributed by atoms with Crippen molar-refractivity contribution in [1.82, 2.24) is 0 Å². The second-order valence-electron chi connectivity index (χ2n) is 7.45. The zero-order valence-electron chi connectivity index (χ0n) is 15.5. The lowest BCUT2D eigenvalue weighted by Gasteiger charge is -2.18. The molecule has 2 bridgehead atoms. The van der Waals surface area contributed by atoms with Gasteiger partial charge in [0.05, 0.1) is 11.1 Å². The smallest absolute Gasteiger partial charge is 0.340 e. The maximum Gasteiger partial charge on any atom is 0.340 e. The third-order valence-electron chi connectivity index (χ3n) is 5.38. The van der Waals surface area contributed by atoms with Gasteiger partial charge in [-0.15, -0.1) is 0 Å². The normalized spacial score (nSPS) is 20.7. The minimum atomic E-state index is -0.427. The fourth-order valence-electron chi connectivity index (χ4n) is 4.18. The summed E-state index contributed by atoms with van der Waals surface area (Å²) in [6, 6.07) is 14.7. The van der Waals surface area contributed by atoms with Crippen molar-refractivity contribution in [3.8, 4) is 11.5 Å². The number of rotatable bonds is 4. The van der Waals surface area contributed by atoms with Crippen LogP contribution in [0.1, 0.15) is 30.4 Å². The van der Waals surface area contributed by atoms with E-state index >= 15 is 0 Å². The highest BCUT2D eigenvalue weighted by Crippen LogP contribution is 2.49. The van der Waals surface area contributed by atoms with Crippen LogP contribution in [0.5, 0.6) is 11.5 Å². The standard InChI is InChI=1S/C23H22O4/c1-14-5-3-7-18(11-14)26-22(24)20-16-9-10-17(13-16)21(20)23(25)27-19-8-4-6-15(2)12-19/h3-8,11-12,16-17H,9-10,13H2,1-2H3. The fraction of sp³-hybridized carbons (Fsp3) is 0.304. The van der Waals surface area contributed by atoms with Crippen molar-refractivity contribution in [3.05, 3.63) is 70.8 Å². The Morgan fingerprint density at radius 2 is 1.22 bits per heavy atom. The molecule has 0 amide bonds. The van der Waals surface area contributed by atoms with Gasteiger partial charge in [0.25, 0.3) is 0 Å². The van der Waals surface area contributed by atoms with Gasteiger partial charge in [0, 0.05) is 0 Å². The third-order valence-corrected chi connectivity index (χ3v) is 5.38. The first-order valence-corrected chi connectivity index (χ1v) is 9.33. The van der Waals surface area contributed by atoms with Crippen molar-refractivity contribution >= 4 is 11.9 Å². The number of fused-ring (bicyclic) bond motifs is 2. The third kappa shape index (κ3) is 3.52. The Labute approximate surface area is 158 Å². The predicted molar refractivity (Wildman–Crippen MR) is 101 cm³/mol. The molecule has 0 saturated heterocycles. The predicted octanol–water partition coefficient (Wildman–Crippen LogP) is 4.54. The maximum absolute atomic E-state index is 12.8. The largest absolute Gasteiger partial charge is 0.423 e. The van der Waals surface area contributed by atoms with E-state index in [4.69, 9.17) is 9.47 Å². The van der Waals surface area contributed by atoms with Gasteiger partial charge < -0.3 is 9.47 Å². The van der Waals surface area contributed by atoms with Gasteiger partial charge in [-0.2, -0.15) is 0 Å². The molecular formula is C23H22O4. The van der Waals surface area contributed by atoms with Crippen molar-refractivity contribution in [1.29, 1.82) is 0 Å². The Balaban J connectivity index is 1.60. The summed E-state index contributed by atoms with van der Waals surface area (Å²) in [5.74, 6) is 0.330. The first-order chi connectivity index (χ1) is 13.0. The van der Waals surface area contributed by atoms with Crippen molar-refractivity contribution in [2.24, 2.45) is 11.8 Å². The van der Waals surface area contributed by atoms with Gasteiger partial charge in [0.1, 0.15) is 11.5 Å². The van der Waals surface area contributed by atoms with Crippen LogP contribution in [0.25, 0.3) is 0 Å². The number of ether oxygens (including phenoxy) is 2. The molecule has 1 fully saturated rings. The van der Waals surface area contributed by atoms with Crippen LogP contribution in [0.15, 0.2) is 59.7 Å². The monoisotopic (exact) mass is 362 g/mol. The lowest BCUT2D eigenvalue weighted by Crippen LogP contribution is -2.24. The molecular weight excluding hydrogens is 340 g/mol. The summed E-state index contributed by atoms with van der Waals surface area (Å²) in [5, 5.41) is 0. The molecule has 2 aliphatic carbocycles. The highest BCUT2D eigenvalue weighted by molar-refractivity contribution is 6.03. The van der Waals surface area contributed by atoms with Crippen LogP contribution >= 0.6 is 0 Å². The van der Waals surface area contributed by atoms with Crippen molar-refractivity contribution in [2.75, 3.05) is 0 Å². The molecule has 0 radical (unpaired) electrons. The van der Waals surface area contributed by atoms with Gasteiger partial charge in [-0.1, -0.05) is 24.3 Å². The molecule has 0 N–H and O–H groups in total. The number of carbonyl (C=O) groups excluding carboxylic acids is 2. The molecule has 0 aliphatic heterocycles. The molecule has 2 aromatic rings. The number of benzene rings is 2. The summed E-state index contributed by atoms with van der Waals surface area (Å²) >= 11 is 0. The van der Waals surface area contributed by atoms with E-state index in [0.29, 0.717) is 22.6 Å². The summed E-state index contributed by atoms with van der Waals surface area (Å²) in [6.07, 6.45) is 2.67. The molecule has 0 heterocycles. The fourth-order valence-corrected chi connectivity index (χ4v) is 4.18. The van der Waals surface area contributed by atoms with E-state index in [1.807, 2.05) is 50.2 Å². The first kappa shape index (κ1) is 17.5. The number of carbonyl (C=O) groups is 2. The zero-order chi connectivity index (χ0) is 19.0. The van der Waals surface area contributed by atoms with Crippen LogP contribution in [-0.2, 0) is 9.59 Å². The molecule has 138 valence electrons. The SMILES string of the molecule is Cc1cccc(OC(=O)C2=C(C(=O)Oc3cccc(C)c3)C3CCC2C3)c1. The molecule has 0 spiro atoms. The van der Waals surface area contributed by atoms with E-state index in [1.54, 1.807) is 12.1 Å². The second-order valence-corrected chi connectivity index (χ2v) is 7.45. The highest BCUT2D eigenvalue weighted by Gasteiger charge is 2.46. The molecule has 4 nitrogen and oxygen atoms in total. The van der Waals surface area contributed by atoms with E-state index in [9.17, 15) is 9.59 Å². The number of aryl methyl sites for hydroxylation is 2. The van der Waals surface area contributed by atoms with Crippen molar-refractivity contribution < 1.29 is 19.1 Å². The van der Waals surface area contributed by atoms with Crippen molar-refractivity contribution in [2.45, 2.75) is 33.1 Å². The molecule has 4 heteroatoms. The number of hydrogen-bond donors (Lipinski definition) is 0. The van der Waals surface area contributed by atoms with Gasteiger partial charge in [-0.25, -0.2) is 9.59 Å². The Bertz CT molecular complexity index is 865. The van der Waals surface area contributed by atoms with Crippen LogP contribution in [0.4, 0.5) is 0 Å². The lowest BCUT2D eigenvalue weighted by molar-refractivity contribution is -0.133. The van der Waals surface area contributed by atoms with Crippen LogP contribution in [-0.4, -0.2) is 11.9 Å². The first-order valence-electron chi connectivity index (χ1n) is 9.33. The number of hydrogen-bond acceptors (Lipinski definition) is 4. The van der Waals surface area contributed by atoms with E-state index < -0.39 is 11.9 Å². The van der Waals surface area contributed by atoms with E-state index in [1.165, 1.54) is 0 Å². The summed E-state index contributed by atoms with van der Waals surface area (Å²) in [5.41, 5.74) is 3.04. The van der Waals surface area contributed by atoms with Gasteiger partial charge in [0.2, 0.25) is 0 Å². The lowest BCUT2D eigenvalue weighted by atomic mass is 9.91. The maximum atomic E-state index is 12.8. The van der Waals surface area contributed by atoms with Crippen LogP contribution in [0, 0.1) is 25.7 Å². The molecule has 0 aromatic heterocycles. The summed E-state index contributed by atoms with van der Waals surface area (Å²) in [4.78, 5) is 25.7. The van der Waals surface area contributed by atoms with Gasteiger partial charge in [0.15, 0.2) is 0 Å². The summed E-state index contributed by atoms with van der Waals surface area (Å²) in [6.45, 7) is 3.89. The van der Waals surface area contributed by atoms with Gasteiger partial charge >= 0.3 is 11.9 Å².